The number of nitrogens with zero attached hydrogens (tertiary/aromatic N) is 4. The van der Waals surface area contributed by atoms with Crippen LogP contribution in [0, 0.1) is 11.8 Å². The lowest BCUT2D eigenvalue weighted by atomic mass is 9.75. The van der Waals surface area contributed by atoms with E-state index in [0.717, 1.165) is 43.7 Å². The molecule has 4 atom stereocenters. The van der Waals surface area contributed by atoms with Gasteiger partial charge in [0, 0.05) is 29.9 Å². The summed E-state index contributed by atoms with van der Waals surface area (Å²) in [6.45, 7) is 2.44. The summed E-state index contributed by atoms with van der Waals surface area (Å²) in [5.41, 5.74) is 2.19. The summed E-state index contributed by atoms with van der Waals surface area (Å²) in [4.78, 5) is 15.2. The van der Waals surface area contributed by atoms with E-state index >= 15 is 0 Å². The highest BCUT2D eigenvalue weighted by atomic mass is 16.3. The van der Waals surface area contributed by atoms with Crippen LogP contribution in [0.4, 0.5) is 5.69 Å². The first-order chi connectivity index (χ1) is 15.0. The fraction of sp³-hybridized carbons (Fsp3) is 0.348. The normalized spacial score (nSPS) is 24.8. The van der Waals surface area contributed by atoms with Gasteiger partial charge in [-0.1, -0.05) is 23.4 Å². The van der Waals surface area contributed by atoms with Gasteiger partial charge < -0.3 is 15.5 Å². The lowest BCUT2D eigenvalue weighted by Gasteiger charge is -2.49. The number of amides is 1. The van der Waals surface area contributed by atoms with Crippen LogP contribution in [0.15, 0.2) is 54.7 Å². The van der Waals surface area contributed by atoms with Crippen LogP contribution in [0.2, 0.25) is 0 Å². The molecule has 0 saturated carbocycles. The number of hydrogen-bond donors (Lipinski definition) is 3. The first-order valence-electron chi connectivity index (χ1n) is 10.6. The number of piperidine rings is 3. The molecule has 3 aliphatic heterocycles. The van der Waals surface area contributed by atoms with Crippen molar-refractivity contribution in [2.24, 2.45) is 11.8 Å². The molecule has 3 fully saturated rings. The van der Waals surface area contributed by atoms with E-state index in [2.05, 4.69) is 20.5 Å². The number of phenols is 2. The summed E-state index contributed by atoms with van der Waals surface area (Å²) in [7, 11) is 0. The zero-order valence-corrected chi connectivity index (χ0v) is 17.1. The Morgan fingerprint density at radius 3 is 2.68 bits per heavy atom. The standard InChI is InChI=1S/C23H25N5O3/c29-19-5-1-3-16(10-19)22-14-28(26-25-22)12-18-9-15-7-8-27(18)13-21(15)23(31)24-17-4-2-6-20(30)11-17/h1-6,10-11,14-15,18,21,29-30H,7-9,12-13H2,(H,24,31)/t15-,18+,21-/m0/s1. The lowest BCUT2D eigenvalue weighted by Crippen LogP contribution is -2.57. The highest BCUT2D eigenvalue weighted by Crippen LogP contribution is 2.37. The average Bonchev–Trinajstić information content (AvgIpc) is 3.23. The molecule has 3 aliphatic rings. The molecule has 8 heteroatoms. The molecular weight excluding hydrogens is 394 g/mol. The number of carbonyl (C=O) groups excluding carboxylic acids is 1. The van der Waals surface area contributed by atoms with E-state index in [-0.39, 0.29) is 23.3 Å². The van der Waals surface area contributed by atoms with E-state index in [4.69, 9.17) is 0 Å². The van der Waals surface area contributed by atoms with Crippen molar-refractivity contribution in [1.82, 2.24) is 19.9 Å². The molecule has 0 aliphatic carbocycles. The maximum atomic E-state index is 12.9. The summed E-state index contributed by atoms with van der Waals surface area (Å²) in [5.74, 6) is 0.653. The van der Waals surface area contributed by atoms with Crippen LogP contribution in [-0.4, -0.2) is 55.1 Å². The predicted octanol–water partition coefficient (Wildman–Crippen LogP) is 2.71. The van der Waals surface area contributed by atoms with Gasteiger partial charge in [0.25, 0.3) is 0 Å². The summed E-state index contributed by atoms with van der Waals surface area (Å²) in [5, 5.41) is 30.8. The molecule has 2 bridgehead atoms. The Balaban J connectivity index is 1.23. The van der Waals surface area contributed by atoms with E-state index in [9.17, 15) is 15.0 Å². The maximum Gasteiger partial charge on any atom is 0.229 e. The Hall–Kier alpha value is -3.39. The number of fused-ring (bicyclic) bond motifs is 3. The molecule has 3 aromatic rings. The summed E-state index contributed by atoms with van der Waals surface area (Å²) >= 11 is 0. The number of nitrogens with one attached hydrogen (secondary N) is 1. The Kier molecular flexibility index (Phi) is 5.07. The molecule has 3 N–H and O–H groups in total. The molecule has 160 valence electrons. The molecule has 0 spiro atoms. The SMILES string of the molecule is O=C(Nc1cccc(O)c1)[C@H]1CN2CC[C@H]1C[C@@H]2Cn1cc(-c2cccc(O)c2)nn1. The Morgan fingerprint density at radius 1 is 1.13 bits per heavy atom. The van der Waals surface area contributed by atoms with Crippen molar-refractivity contribution >= 4 is 11.6 Å². The van der Waals surface area contributed by atoms with Gasteiger partial charge in [0.05, 0.1) is 18.7 Å². The second-order valence-corrected chi connectivity index (χ2v) is 8.46. The Labute approximate surface area is 180 Å². The number of hydrogen-bond acceptors (Lipinski definition) is 6. The summed E-state index contributed by atoms with van der Waals surface area (Å²) in [6.07, 6.45) is 3.87. The monoisotopic (exact) mass is 419 g/mol. The van der Waals surface area contributed by atoms with Crippen molar-refractivity contribution in [2.75, 3.05) is 18.4 Å². The van der Waals surface area contributed by atoms with Gasteiger partial charge in [-0.15, -0.1) is 5.10 Å². The number of phenolic OH excluding ortho intramolecular Hbond substituents is 2. The fourth-order valence-electron chi connectivity index (χ4n) is 4.84. The molecular formula is C23H25N5O3. The molecule has 8 nitrogen and oxygen atoms in total. The highest BCUT2D eigenvalue weighted by molar-refractivity contribution is 5.93. The highest BCUT2D eigenvalue weighted by Gasteiger charge is 2.43. The number of rotatable bonds is 5. The number of aromatic hydroxyl groups is 2. The molecule has 6 rings (SSSR count). The molecule has 31 heavy (non-hydrogen) atoms. The minimum absolute atomic E-state index is 0.0191. The third-order valence-corrected chi connectivity index (χ3v) is 6.41. The number of anilines is 1. The third kappa shape index (κ3) is 4.11. The van der Waals surface area contributed by atoms with Crippen molar-refractivity contribution in [1.29, 1.82) is 0 Å². The van der Waals surface area contributed by atoms with Gasteiger partial charge in [0.1, 0.15) is 17.2 Å². The van der Waals surface area contributed by atoms with Crippen molar-refractivity contribution in [2.45, 2.75) is 25.4 Å². The van der Waals surface area contributed by atoms with Crippen LogP contribution >= 0.6 is 0 Å². The van der Waals surface area contributed by atoms with Gasteiger partial charge >= 0.3 is 0 Å². The second kappa shape index (κ2) is 8.03. The first-order valence-corrected chi connectivity index (χ1v) is 10.6. The van der Waals surface area contributed by atoms with Crippen molar-refractivity contribution in [3.8, 4) is 22.8 Å². The lowest BCUT2D eigenvalue weighted by molar-refractivity contribution is -0.127. The summed E-state index contributed by atoms with van der Waals surface area (Å²) < 4.78 is 1.85. The number of aromatic nitrogens is 3. The van der Waals surface area contributed by atoms with E-state index < -0.39 is 0 Å². The van der Waals surface area contributed by atoms with Gasteiger partial charge in [0.15, 0.2) is 0 Å². The molecule has 2 aromatic carbocycles. The maximum absolute atomic E-state index is 12.9. The summed E-state index contributed by atoms with van der Waals surface area (Å²) in [6, 6.07) is 14.0. The zero-order chi connectivity index (χ0) is 21.4. The molecule has 4 heterocycles. The van der Waals surface area contributed by atoms with Gasteiger partial charge in [0.2, 0.25) is 5.91 Å². The second-order valence-electron chi connectivity index (χ2n) is 8.46. The predicted molar refractivity (Wildman–Crippen MR) is 115 cm³/mol. The topological polar surface area (TPSA) is 104 Å². The van der Waals surface area contributed by atoms with Crippen molar-refractivity contribution < 1.29 is 15.0 Å². The molecule has 1 unspecified atom stereocenters. The minimum atomic E-state index is -0.0500. The molecule has 3 saturated heterocycles. The number of carbonyl (C=O) groups is 1. The minimum Gasteiger partial charge on any atom is -0.508 e. The van der Waals surface area contributed by atoms with Gasteiger partial charge in [-0.2, -0.15) is 0 Å². The number of benzene rings is 2. The van der Waals surface area contributed by atoms with Gasteiger partial charge in [-0.25, -0.2) is 0 Å². The van der Waals surface area contributed by atoms with Crippen LogP contribution < -0.4 is 5.32 Å². The van der Waals surface area contributed by atoms with Crippen molar-refractivity contribution in [3.05, 3.63) is 54.7 Å². The van der Waals surface area contributed by atoms with Crippen LogP contribution in [0.5, 0.6) is 11.5 Å². The zero-order valence-electron chi connectivity index (χ0n) is 17.1. The van der Waals surface area contributed by atoms with E-state index in [0.29, 0.717) is 17.6 Å². The van der Waals surface area contributed by atoms with Crippen LogP contribution in [0.3, 0.4) is 0 Å². The largest absolute Gasteiger partial charge is 0.508 e. The molecule has 1 aromatic heterocycles. The smallest absolute Gasteiger partial charge is 0.229 e. The van der Waals surface area contributed by atoms with E-state index in [1.165, 1.54) is 0 Å². The quantitative estimate of drug-likeness (QED) is 0.588. The van der Waals surface area contributed by atoms with Gasteiger partial charge in [-0.3, -0.25) is 14.4 Å². The van der Waals surface area contributed by atoms with E-state index in [1.54, 1.807) is 42.5 Å². The van der Waals surface area contributed by atoms with Gasteiger partial charge in [-0.05, 0) is 49.6 Å². The van der Waals surface area contributed by atoms with Crippen molar-refractivity contribution in [3.63, 3.8) is 0 Å². The third-order valence-electron chi connectivity index (χ3n) is 6.41. The molecule has 0 radical (unpaired) electrons. The molecule has 1 amide bonds. The van der Waals surface area contributed by atoms with E-state index in [1.807, 2.05) is 16.9 Å². The average molecular weight is 419 g/mol. The van der Waals surface area contributed by atoms with Crippen LogP contribution in [0.1, 0.15) is 12.8 Å². The Morgan fingerprint density at radius 2 is 1.94 bits per heavy atom. The first kappa shape index (κ1) is 19.6. The fourth-order valence-corrected chi connectivity index (χ4v) is 4.84. The van der Waals surface area contributed by atoms with Crippen LogP contribution in [-0.2, 0) is 11.3 Å². The Bertz CT molecular complexity index is 1100. The van der Waals surface area contributed by atoms with Crippen LogP contribution in [0.25, 0.3) is 11.3 Å².